The molecule has 0 bridgehead atoms. The summed E-state index contributed by atoms with van der Waals surface area (Å²) in [5.41, 5.74) is 3.31. The van der Waals surface area contributed by atoms with Crippen LogP contribution < -0.4 is 10.6 Å². The van der Waals surface area contributed by atoms with Gasteiger partial charge in [-0.15, -0.1) is 0 Å². The average molecular weight is 387 g/mol. The lowest BCUT2D eigenvalue weighted by atomic mass is 10.1. The molecular formula is C19H16Cl2N4O. The zero-order valence-electron chi connectivity index (χ0n) is 14.2. The molecular weight excluding hydrogens is 371 g/mol. The smallest absolute Gasteiger partial charge is 0.257 e. The van der Waals surface area contributed by atoms with Crippen LogP contribution in [0.3, 0.4) is 0 Å². The lowest BCUT2D eigenvalue weighted by Crippen LogP contribution is -2.14. The summed E-state index contributed by atoms with van der Waals surface area (Å²) in [5, 5.41) is 6.73. The topological polar surface area (TPSA) is 66.9 Å². The molecule has 0 aliphatic heterocycles. The first-order chi connectivity index (χ1) is 12.4. The molecule has 0 unspecified atom stereocenters. The summed E-state index contributed by atoms with van der Waals surface area (Å²) in [6, 6.07) is 13.9. The number of nitrogens with zero attached hydrogens (tertiary/aromatic N) is 2. The number of nitrogens with one attached hydrogen (secondary N) is 2. The first-order valence-electron chi connectivity index (χ1n) is 7.87. The third-order valence-electron chi connectivity index (χ3n) is 3.58. The van der Waals surface area contributed by atoms with Crippen LogP contribution in [0.2, 0.25) is 10.0 Å². The molecule has 1 heterocycles. The van der Waals surface area contributed by atoms with E-state index in [0.29, 0.717) is 32.9 Å². The lowest BCUT2D eigenvalue weighted by molar-refractivity contribution is 0.102. The summed E-state index contributed by atoms with van der Waals surface area (Å²) >= 11 is 11.9. The monoisotopic (exact) mass is 386 g/mol. The maximum absolute atomic E-state index is 12.7. The molecule has 0 atom stereocenters. The molecule has 132 valence electrons. The predicted molar refractivity (Wildman–Crippen MR) is 106 cm³/mol. The number of hydrogen-bond acceptors (Lipinski definition) is 4. The van der Waals surface area contributed by atoms with E-state index in [9.17, 15) is 4.79 Å². The number of carbonyl (C=O) groups is 1. The highest BCUT2D eigenvalue weighted by Gasteiger charge is 2.13. The highest BCUT2D eigenvalue weighted by atomic mass is 35.5. The number of para-hydroxylation sites is 1. The maximum Gasteiger partial charge on any atom is 0.257 e. The van der Waals surface area contributed by atoms with E-state index in [1.54, 1.807) is 36.4 Å². The molecule has 0 fully saturated rings. The van der Waals surface area contributed by atoms with Crippen molar-refractivity contribution in [1.82, 2.24) is 9.97 Å². The molecule has 2 N–H and O–H groups in total. The molecule has 0 aliphatic carbocycles. The number of aryl methyl sites for hydroxylation is 2. The van der Waals surface area contributed by atoms with Crippen LogP contribution in [0.1, 0.15) is 21.7 Å². The quantitative estimate of drug-likeness (QED) is 0.629. The van der Waals surface area contributed by atoms with Gasteiger partial charge in [0.2, 0.25) is 5.95 Å². The fourth-order valence-corrected chi connectivity index (χ4v) is 2.76. The Bertz CT molecular complexity index is 955. The van der Waals surface area contributed by atoms with Gasteiger partial charge in [-0.05, 0) is 50.2 Å². The maximum atomic E-state index is 12.7. The van der Waals surface area contributed by atoms with Crippen molar-refractivity contribution in [1.29, 1.82) is 0 Å². The Morgan fingerprint density at radius 1 is 0.923 bits per heavy atom. The Labute approximate surface area is 161 Å². The van der Waals surface area contributed by atoms with Crippen molar-refractivity contribution < 1.29 is 4.79 Å². The van der Waals surface area contributed by atoms with Gasteiger partial charge in [-0.2, -0.15) is 0 Å². The number of carbonyl (C=O) groups excluding carboxylic acids is 1. The van der Waals surface area contributed by atoms with Gasteiger partial charge >= 0.3 is 0 Å². The normalized spacial score (nSPS) is 10.5. The summed E-state index contributed by atoms with van der Waals surface area (Å²) in [6.07, 6.45) is 0. The molecule has 2 aromatic carbocycles. The van der Waals surface area contributed by atoms with Gasteiger partial charge < -0.3 is 10.6 Å². The Morgan fingerprint density at radius 3 is 2.31 bits per heavy atom. The van der Waals surface area contributed by atoms with Crippen LogP contribution in [0.15, 0.2) is 48.5 Å². The van der Waals surface area contributed by atoms with Gasteiger partial charge in [0.1, 0.15) is 0 Å². The number of anilines is 3. The number of benzene rings is 2. The van der Waals surface area contributed by atoms with Crippen LogP contribution in [-0.2, 0) is 0 Å². The van der Waals surface area contributed by atoms with E-state index in [-0.39, 0.29) is 5.91 Å². The van der Waals surface area contributed by atoms with Crippen LogP contribution in [0.5, 0.6) is 0 Å². The van der Waals surface area contributed by atoms with E-state index in [2.05, 4.69) is 20.6 Å². The second kappa shape index (κ2) is 7.72. The molecule has 0 spiro atoms. The van der Waals surface area contributed by atoms with Gasteiger partial charge in [-0.1, -0.05) is 35.3 Å². The lowest BCUT2D eigenvalue weighted by Gasteiger charge is -2.12. The van der Waals surface area contributed by atoms with Crippen LogP contribution in [-0.4, -0.2) is 15.9 Å². The fraction of sp³-hybridized carbons (Fsp3) is 0.105. The van der Waals surface area contributed by atoms with Crippen LogP contribution in [0.4, 0.5) is 17.3 Å². The minimum Gasteiger partial charge on any atom is -0.323 e. The number of halogens is 2. The molecule has 0 radical (unpaired) electrons. The highest BCUT2D eigenvalue weighted by molar-refractivity contribution is 6.42. The molecule has 5 nitrogen and oxygen atoms in total. The van der Waals surface area contributed by atoms with E-state index in [4.69, 9.17) is 23.2 Å². The highest BCUT2D eigenvalue weighted by Crippen LogP contribution is 2.26. The second-order valence-electron chi connectivity index (χ2n) is 5.73. The molecule has 0 saturated heterocycles. The van der Waals surface area contributed by atoms with Crippen molar-refractivity contribution in [3.05, 3.63) is 75.5 Å². The van der Waals surface area contributed by atoms with Gasteiger partial charge in [0.05, 0.1) is 21.3 Å². The Morgan fingerprint density at radius 2 is 1.62 bits per heavy atom. The van der Waals surface area contributed by atoms with Gasteiger partial charge in [0, 0.05) is 17.1 Å². The fourth-order valence-electron chi connectivity index (χ4n) is 2.46. The minimum atomic E-state index is -0.282. The number of rotatable bonds is 4. The van der Waals surface area contributed by atoms with Crippen molar-refractivity contribution in [3.63, 3.8) is 0 Å². The zero-order chi connectivity index (χ0) is 18.7. The van der Waals surface area contributed by atoms with Crippen LogP contribution in [0.25, 0.3) is 0 Å². The Balaban J connectivity index is 1.86. The molecule has 0 saturated carbocycles. The molecule has 26 heavy (non-hydrogen) atoms. The number of aromatic nitrogens is 2. The Kier molecular flexibility index (Phi) is 5.40. The van der Waals surface area contributed by atoms with Gasteiger partial charge in [0.15, 0.2) is 0 Å². The van der Waals surface area contributed by atoms with E-state index in [0.717, 1.165) is 11.4 Å². The van der Waals surface area contributed by atoms with Crippen LogP contribution >= 0.6 is 23.2 Å². The third kappa shape index (κ3) is 4.31. The standard InChI is InChI=1S/C19H16Cl2N4O/c1-11-9-12(2)23-19(22-11)25-17-6-4-3-5-14(17)18(26)24-13-7-8-15(20)16(21)10-13/h3-10H,1-2H3,(H,24,26)(H,22,23,25). The SMILES string of the molecule is Cc1cc(C)nc(Nc2ccccc2C(=O)Nc2ccc(Cl)c(Cl)c2)n1. The zero-order valence-corrected chi connectivity index (χ0v) is 15.7. The van der Waals surface area contributed by atoms with Crippen molar-refractivity contribution in [2.24, 2.45) is 0 Å². The van der Waals surface area contributed by atoms with Crippen molar-refractivity contribution in [2.45, 2.75) is 13.8 Å². The first kappa shape index (κ1) is 18.2. The molecule has 1 aromatic heterocycles. The number of amides is 1. The van der Waals surface area contributed by atoms with Gasteiger partial charge in [-0.3, -0.25) is 4.79 Å². The molecule has 3 rings (SSSR count). The largest absolute Gasteiger partial charge is 0.323 e. The van der Waals surface area contributed by atoms with E-state index in [1.807, 2.05) is 26.0 Å². The van der Waals surface area contributed by atoms with Crippen molar-refractivity contribution in [2.75, 3.05) is 10.6 Å². The molecule has 1 amide bonds. The second-order valence-corrected chi connectivity index (χ2v) is 6.54. The van der Waals surface area contributed by atoms with E-state index in [1.165, 1.54) is 0 Å². The molecule has 7 heteroatoms. The van der Waals surface area contributed by atoms with E-state index >= 15 is 0 Å². The molecule has 3 aromatic rings. The summed E-state index contributed by atoms with van der Waals surface area (Å²) in [7, 11) is 0. The van der Waals surface area contributed by atoms with Crippen molar-refractivity contribution >= 4 is 46.4 Å². The number of hydrogen-bond donors (Lipinski definition) is 2. The predicted octanol–water partition coefficient (Wildman–Crippen LogP) is 5.40. The summed E-state index contributed by atoms with van der Waals surface area (Å²) < 4.78 is 0. The van der Waals surface area contributed by atoms with Crippen molar-refractivity contribution in [3.8, 4) is 0 Å². The summed E-state index contributed by atoms with van der Waals surface area (Å²) in [4.78, 5) is 21.4. The average Bonchev–Trinajstić information content (AvgIpc) is 2.57. The molecule has 0 aliphatic rings. The third-order valence-corrected chi connectivity index (χ3v) is 4.32. The van der Waals surface area contributed by atoms with Crippen LogP contribution in [0, 0.1) is 13.8 Å². The summed E-state index contributed by atoms with van der Waals surface area (Å²) in [6.45, 7) is 3.78. The Hall–Kier alpha value is -2.63. The summed E-state index contributed by atoms with van der Waals surface area (Å²) in [5.74, 6) is 0.160. The van der Waals surface area contributed by atoms with E-state index < -0.39 is 0 Å². The van der Waals surface area contributed by atoms with Gasteiger partial charge in [0.25, 0.3) is 5.91 Å². The first-order valence-corrected chi connectivity index (χ1v) is 8.63. The minimum absolute atomic E-state index is 0.282. The van der Waals surface area contributed by atoms with Gasteiger partial charge in [-0.25, -0.2) is 9.97 Å².